The van der Waals surface area contributed by atoms with Crippen LogP contribution in [0.1, 0.15) is 5.56 Å². The maximum absolute atomic E-state index is 10.1. The molecule has 3 rings (SSSR count). The van der Waals surface area contributed by atoms with Crippen molar-refractivity contribution in [2.24, 2.45) is 0 Å². The van der Waals surface area contributed by atoms with Crippen molar-refractivity contribution in [1.29, 1.82) is 0 Å². The van der Waals surface area contributed by atoms with E-state index in [1.165, 1.54) is 5.56 Å². The van der Waals surface area contributed by atoms with Gasteiger partial charge in [-0.15, -0.1) is 0 Å². The molecule has 0 spiro atoms. The van der Waals surface area contributed by atoms with Gasteiger partial charge in [0.2, 0.25) is 0 Å². The first-order valence-electron chi connectivity index (χ1n) is 6.90. The highest BCUT2D eigenvalue weighted by Gasteiger charge is 2.13. The van der Waals surface area contributed by atoms with Crippen molar-refractivity contribution >= 4 is 34.2 Å². The molecule has 4 nitrogen and oxygen atoms in total. The molecule has 1 aromatic heterocycles. The lowest BCUT2D eigenvalue weighted by Gasteiger charge is -2.08. The summed E-state index contributed by atoms with van der Waals surface area (Å²) in [4.78, 5) is 4.13. The summed E-state index contributed by atoms with van der Waals surface area (Å²) < 4.78 is 1.65. The molecule has 0 saturated heterocycles. The van der Waals surface area contributed by atoms with E-state index in [0.29, 0.717) is 15.6 Å². The SMILES string of the molecule is CNCCc1ccc(-n2c(O)nc3cc(Cl)c(Cl)cc32)cc1. The number of benzene rings is 2. The zero-order valence-electron chi connectivity index (χ0n) is 12.0. The molecule has 0 aliphatic carbocycles. The second-order valence-electron chi connectivity index (χ2n) is 5.02. The van der Waals surface area contributed by atoms with E-state index in [-0.39, 0.29) is 6.01 Å². The molecule has 2 aromatic carbocycles. The molecular weight excluding hydrogens is 321 g/mol. The van der Waals surface area contributed by atoms with Crippen LogP contribution in [0.15, 0.2) is 36.4 Å². The maximum Gasteiger partial charge on any atom is 0.299 e. The number of hydrogen-bond donors (Lipinski definition) is 2. The van der Waals surface area contributed by atoms with Crippen molar-refractivity contribution < 1.29 is 5.11 Å². The summed E-state index contributed by atoms with van der Waals surface area (Å²) in [6, 6.07) is 11.3. The standard InChI is InChI=1S/C16H15Cl2N3O/c1-19-7-6-10-2-4-11(5-3-10)21-15-9-13(18)12(17)8-14(15)20-16(21)22/h2-5,8-9,19H,6-7H2,1H3,(H,20,22). The molecule has 0 fully saturated rings. The fraction of sp³-hybridized carbons (Fsp3) is 0.188. The van der Waals surface area contributed by atoms with Crippen molar-refractivity contribution in [3.8, 4) is 11.7 Å². The first-order valence-corrected chi connectivity index (χ1v) is 7.66. The molecule has 22 heavy (non-hydrogen) atoms. The van der Waals surface area contributed by atoms with Crippen molar-refractivity contribution in [1.82, 2.24) is 14.9 Å². The van der Waals surface area contributed by atoms with Gasteiger partial charge in [-0.3, -0.25) is 4.57 Å². The lowest BCUT2D eigenvalue weighted by Crippen LogP contribution is -2.10. The molecule has 2 N–H and O–H groups in total. The van der Waals surface area contributed by atoms with Crippen LogP contribution in [0.25, 0.3) is 16.7 Å². The molecule has 0 radical (unpaired) electrons. The maximum atomic E-state index is 10.1. The molecule has 6 heteroatoms. The van der Waals surface area contributed by atoms with Crippen molar-refractivity contribution in [2.45, 2.75) is 6.42 Å². The molecule has 3 aromatic rings. The van der Waals surface area contributed by atoms with E-state index in [2.05, 4.69) is 10.3 Å². The Morgan fingerprint density at radius 3 is 2.50 bits per heavy atom. The topological polar surface area (TPSA) is 50.1 Å². The molecular formula is C16H15Cl2N3O. The number of aromatic hydroxyl groups is 1. The van der Waals surface area contributed by atoms with Gasteiger partial charge in [0.05, 0.1) is 26.8 Å². The minimum atomic E-state index is -0.0868. The molecule has 0 unspecified atom stereocenters. The van der Waals surface area contributed by atoms with Crippen LogP contribution in [0.3, 0.4) is 0 Å². The predicted octanol–water partition coefficient (Wildman–Crippen LogP) is 3.80. The van der Waals surface area contributed by atoms with E-state index in [0.717, 1.165) is 24.2 Å². The fourth-order valence-electron chi connectivity index (χ4n) is 2.40. The van der Waals surface area contributed by atoms with Crippen LogP contribution >= 0.6 is 23.2 Å². The van der Waals surface area contributed by atoms with Crippen LogP contribution in [0.5, 0.6) is 6.01 Å². The highest BCUT2D eigenvalue weighted by molar-refractivity contribution is 6.42. The van der Waals surface area contributed by atoms with Gasteiger partial charge in [-0.1, -0.05) is 35.3 Å². The molecule has 0 atom stereocenters. The molecule has 0 bridgehead atoms. The Morgan fingerprint density at radius 2 is 1.82 bits per heavy atom. The van der Waals surface area contributed by atoms with E-state index < -0.39 is 0 Å². The second-order valence-corrected chi connectivity index (χ2v) is 5.84. The summed E-state index contributed by atoms with van der Waals surface area (Å²) >= 11 is 12.1. The van der Waals surface area contributed by atoms with E-state index in [4.69, 9.17) is 23.2 Å². The second kappa shape index (κ2) is 6.16. The highest BCUT2D eigenvalue weighted by atomic mass is 35.5. The average Bonchev–Trinajstić information content (AvgIpc) is 2.81. The highest BCUT2D eigenvalue weighted by Crippen LogP contribution is 2.32. The van der Waals surface area contributed by atoms with Gasteiger partial charge in [0.15, 0.2) is 0 Å². The monoisotopic (exact) mass is 335 g/mol. The number of likely N-dealkylation sites (N-methyl/N-ethyl adjacent to an activating group) is 1. The van der Waals surface area contributed by atoms with E-state index in [9.17, 15) is 5.11 Å². The first-order chi connectivity index (χ1) is 10.6. The number of aromatic nitrogens is 2. The third-order valence-electron chi connectivity index (χ3n) is 3.54. The van der Waals surface area contributed by atoms with Crippen molar-refractivity contribution in [3.63, 3.8) is 0 Å². The largest absolute Gasteiger partial charge is 0.480 e. The molecule has 1 heterocycles. The van der Waals surface area contributed by atoms with Gasteiger partial charge in [0, 0.05) is 0 Å². The van der Waals surface area contributed by atoms with E-state index >= 15 is 0 Å². The Balaban J connectivity index is 2.05. The van der Waals surface area contributed by atoms with Crippen molar-refractivity contribution in [2.75, 3.05) is 13.6 Å². The zero-order valence-corrected chi connectivity index (χ0v) is 13.5. The lowest BCUT2D eigenvalue weighted by molar-refractivity contribution is 0.425. The van der Waals surface area contributed by atoms with Gasteiger partial charge in [0.25, 0.3) is 6.01 Å². The summed E-state index contributed by atoms with van der Waals surface area (Å²) in [5.41, 5.74) is 3.37. The first kappa shape index (κ1) is 15.2. The summed E-state index contributed by atoms with van der Waals surface area (Å²) in [6.07, 6.45) is 0.953. The predicted molar refractivity (Wildman–Crippen MR) is 90.4 cm³/mol. The van der Waals surface area contributed by atoms with Gasteiger partial charge in [-0.05, 0) is 49.8 Å². The lowest BCUT2D eigenvalue weighted by atomic mass is 10.1. The molecule has 114 valence electrons. The summed E-state index contributed by atoms with van der Waals surface area (Å²) in [6.45, 7) is 0.923. The third kappa shape index (κ3) is 2.77. The van der Waals surface area contributed by atoms with Gasteiger partial charge in [-0.2, -0.15) is 4.98 Å². The number of imidazole rings is 1. The van der Waals surface area contributed by atoms with Crippen molar-refractivity contribution in [3.05, 3.63) is 52.0 Å². The molecule has 0 saturated carbocycles. The number of halogens is 2. The molecule has 0 aliphatic rings. The average molecular weight is 336 g/mol. The van der Waals surface area contributed by atoms with Crippen LogP contribution in [0, 0.1) is 0 Å². The van der Waals surface area contributed by atoms with E-state index in [1.54, 1.807) is 16.7 Å². The normalized spacial score (nSPS) is 11.2. The fourth-order valence-corrected chi connectivity index (χ4v) is 2.71. The van der Waals surface area contributed by atoms with Gasteiger partial charge in [0.1, 0.15) is 0 Å². The number of nitrogens with zero attached hydrogens (tertiary/aromatic N) is 2. The van der Waals surface area contributed by atoms with Crippen LogP contribution < -0.4 is 5.32 Å². The quantitative estimate of drug-likeness (QED) is 0.762. The van der Waals surface area contributed by atoms with Gasteiger partial charge in [-0.25, -0.2) is 0 Å². The summed E-state index contributed by atoms with van der Waals surface area (Å²) in [5, 5.41) is 14.1. The Labute approximate surface area is 138 Å². The van der Waals surface area contributed by atoms with Gasteiger partial charge >= 0.3 is 0 Å². The van der Waals surface area contributed by atoms with E-state index in [1.807, 2.05) is 31.3 Å². The summed E-state index contributed by atoms with van der Waals surface area (Å²) in [7, 11) is 1.93. The van der Waals surface area contributed by atoms with Crippen LogP contribution in [-0.4, -0.2) is 28.3 Å². The number of rotatable bonds is 4. The molecule has 0 aliphatic heterocycles. The minimum absolute atomic E-state index is 0.0868. The Morgan fingerprint density at radius 1 is 1.14 bits per heavy atom. The minimum Gasteiger partial charge on any atom is -0.480 e. The van der Waals surface area contributed by atoms with Gasteiger partial charge < -0.3 is 10.4 Å². The van der Waals surface area contributed by atoms with Crippen LogP contribution in [0.4, 0.5) is 0 Å². The Kier molecular flexibility index (Phi) is 4.25. The number of nitrogens with one attached hydrogen (secondary N) is 1. The number of fused-ring (bicyclic) bond motifs is 1. The number of hydrogen-bond acceptors (Lipinski definition) is 3. The van der Waals surface area contributed by atoms with Crippen LogP contribution in [0.2, 0.25) is 10.0 Å². The Hall–Kier alpha value is -1.75. The molecule has 0 amide bonds. The zero-order chi connectivity index (χ0) is 15.7. The van der Waals surface area contributed by atoms with Crippen LogP contribution in [-0.2, 0) is 6.42 Å². The smallest absolute Gasteiger partial charge is 0.299 e. The third-order valence-corrected chi connectivity index (χ3v) is 4.26. The summed E-state index contributed by atoms with van der Waals surface area (Å²) in [5.74, 6) is 0. The Bertz CT molecular complexity index is 812.